The van der Waals surface area contributed by atoms with Crippen LogP contribution in [-0.2, 0) is 9.47 Å². The molecule has 0 aromatic rings. The van der Waals surface area contributed by atoms with E-state index in [-0.39, 0.29) is 12.5 Å². The molecule has 0 rings (SSSR count). The number of nitrogens with zero attached hydrogens (tertiary/aromatic N) is 1. The van der Waals surface area contributed by atoms with Crippen LogP contribution in [0.3, 0.4) is 0 Å². The minimum Gasteiger partial charge on any atom is -0.483 e. The molecule has 0 N–H and O–H groups in total. The predicted molar refractivity (Wildman–Crippen MR) is 90.8 cm³/mol. The third-order valence-electron chi connectivity index (χ3n) is 3.49. The maximum Gasteiger partial charge on any atom is 0.151 e. The van der Waals surface area contributed by atoms with Gasteiger partial charge in [-0.15, -0.1) is 0 Å². The van der Waals surface area contributed by atoms with Crippen molar-refractivity contribution in [3.05, 3.63) is 24.7 Å². The summed E-state index contributed by atoms with van der Waals surface area (Å²) in [4.78, 5) is 2.19. The molecule has 21 heavy (non-hydrogen) atoms. The summed E-state index contributed by atoms with van der Waals surface area (Å²) in [6, 6.07) is 0. The fourth-order valence-corrected chi connectivity index (χ4v) is 2.08. The Bertz CT molecular complexity index is 250. The summed E-state index contributed by atoms with van der Waals surface area (Å²) in [5.74, 6) is 0. The Balaban J connectivity index is 4.08. The molecule has 0 radical (unpaired) electrons. The highest BCUT2D eigenvalue weighted by atomic mass is 16.5. The zero-order valence-electron chi connectivity index (χ0n) is 14.7. The van der Waals surface area contributed by atoms with Crippen LogP contribution >= 0.6 is 0 Å². The van der Waals surface area contributed by atoms with Crippen molar-refractivity contribution in [2.24, 2.45) is 0 Å². The Kier molecular flexibility index (Phi) is 13.4. The molecule has 0 saturated carbocycles. The van der Waals surface area contributed by atoms with Crippen LogP contribution < -0.4 is 0 Å². The van der Waals surface area contributed by atoms with Crippen LogP contribution in [0, 0.1) is 0 Å². The van der Waals surface area contributed by atoms with Gasteiger partial charge in [0.05, 0.1) is 12.5 Å². The van der Waals surface area contributed by atoms with E-state index < -0.39 is 0 Å². The van der Waals surface area contributed by atoms with E-state index in [0.29, 0.717) is 0 Å². The van der Waals surface area contributed by atoms with Crippen LogP contribution in [-0.4, -0.2) is 23.9 Å². The molecule has 0 aliphatic rings. The lowest BCUT2D eigenvalue weighted by Crippen LogP contribution is -2.41. The van der Waals surface area contributed by atoms with Gasteiger partial charge in [0.1, 0.15) is 0 Å². The molecule has 0 aliphatic carbocycles. The van der Waals surface area contributed by atoms with Crippen molar-refractivity contribution in [3.8, 4) is 0 Å². The molecule has 0 aliphatic heterocycles. The van der Waals surface area contributed by atoms with Crippen molar-refractivity contribution in [1.29, 1.82) is 0 Å². The van der Waals surface area contributed by atoms with Crippen molar-refractivity contribution in [2.45, 2.75) is 85.6 Å². The summed E-state index contributed by atoms with van der Waals surface area (Å²) < 4.78 is 11.5. The summed E-state index contributed by atoms with van der Waals surface area (Å²) in [6.07, 6.45) is 14.9. The minimum atomic E-state index is 0.0203. The molecule has 3 heteroatoms. The van der Waals surface area contributed by atoms with Gasteiger partial charge in [0.15, 0.2) is 12.5 Å². The third-order valence-corrected chi connectivity index (χ3v) is 3.49. The Morgan fingerprint density at radius 2 is 1.24 bits per heavy atom. The van der Waals surface area contributed by atoms with Crippen molar-refractivity contribution < 1.29 is 9.47 Å². The predicted octanol–water partition coefficient (Wildman–Crippen LogP) is 5.44. The lowest BCUT2D eigenvalue weighted by atomic mass is 10.2. The van der Waals surface area contributed by atoms with E-state index in [1.807, 2.05) is 12.5 Å². The van der Waals surface area contributed by atoms with E-state index in [1.165, 1.54) is 25.7 Å². The van der Waals surface area contributed by atoms with Crippen LogP contribution in [0.25, 0.3) is 0 Å². The standard InChI is InChI=1S/C18H35NO2/c1-6-9-11-13-15-20-17(4)19(8-3)18(5)21-16-14-12-10-7-2/h13-18H,6-12H2,1-5H3/b15-13+,16-14+. The zero-order valence-corrected chi connectivity index (χ0v) is 14.7. The first-order valence-electron chi connectivity index (χ1n) is 8.53. The van der Waals surface area contributed by atoms with Crippen molar-refractivity contribution in [3.63, 3.8) is 0 Å². The molecule has 124 valence electrons. The summed E-state index contributed by atoms with van der Waals surface area (Å²) in [5, 5.41) is 0. The normalized spacial score (nSPS) is 15.0. The topological polar surface area (TPSA) is 21.7 Å². The van der Waals surface area contributed by atoms with E-state index in [4.69, 9.17) is 9.47 Å². The van der Waals surface area contributed by atoms with Gasteiger partial charge in [-0.1, -0.05) is 33.6 Å². The van der Waals surface area contributed by atoms with Crippen LogP contribution in [0.5, 0.6) is 0 Å². The monoisotopic (exact) mass is 297 g/mol. The Morgan fingerprint density at radius 1 is 0.810 bits per heavy atom. The third kappa shape index (κ3) is 10.4. The van der Waals surface area contributed by atoms with E-state index in [2.05, 4.69) is 51.7 Å². The fourth-order valence-electron chi connectivity index (χ4n) is 2.08. The molecule has 2 unspecified atom stereocenters. The first-order chi connectivity index (χ1) is 10.2. The SMILES string of the molecule is CCCC/C=C/OC(C)N(CC)C(C)O/C=C/CCCC. The highest BCUT2D eigenvalue weighted by Crippen LogP contribution is 2.10. The molecule has 0 heterocycles. The van der Waals surface area contributed by atoms with Gasteiger partial charge < -0.3 is 9.47 Å². The van der Waals surface area contributed by atoms with Crippen LogP contribution in [0.2, 0.25) is 0 Å². The second kappa shape index (κ2) is 14.0. The minimum absolute atomic E-state index is 0.0203. The number of unbranched alkanes of at least 4 members (excludes halogenated alkanes) is 4. The second-order valence-electron chi connectivity index (χ2n) is 5.33. The number of hydrogen-bond acceptors (Lipinski definition) is 3. The maximum absolute atomic E-state index is 5.75. The molecule has 3 nitrogen and oxygen atoms in total. The van der Waals surface area contributed by atoms with E-state index >= 15 is 0 Å². The Labute approximate surface area is 132 Å². The lowest BCUT2D eigenvalue weighted by molar-refractivity contribution is -0.0912. The molecule has 0 spiro atoms. The molecule has 0 aromatic heterocycles. The Hall–Kier alpha value is -0.960. The van der Waals surface area contributed by atoms with Gasteiger partial charge in [-0.3, -0.25) is 0 Å². The molecule has 0 amide bonds. The van der Waals surface area contributed by atoms with Gasteiger partial charge in [-0.05, 0) is 51.7 Å². The van der Waals surface area contributed by atoms with Crippen LogP contribution in [0.15, 0.2) is 24.7 Å². The first-order valence-corrected chi connectivity index (χ1v) is 8.53. The van der Waals surface area contributed by atoms with Crippen LogP contribution in [0.4, 0.5) is 0 Å². The van der Waals surface area contributed by atoms with Crippen molar-refractivity contribution in [2.75, 3.05) is 6.54 Å². The van der Waals surface area contributed by atoms with Gasteiger partial charge in [-0.25, -0.2) is 4.90 Å². The summed E-state index contributed by atoms with van der Waals surface area (Å²) in [6.45, 7) is 11.5. The molecule has 0 aromatic carbocycles. The largest absolute Gasteiger partial charge is 0.483 e. The van der Waals surface area contributed by atoms with Gasteiger partial charge in [0.2, 0.25) is 0 Å². The molecule has 0 saturated heterocycles. The van der Waals surface area contributed by atoms with Gasteiger partial charge in [0.25, 0.3) is 0 Å². The Morgan fingerprint density at radius 3 is 1.57 bits per heavy atom. The molecular weight excluding hydrogens is 262 g/mol. The molecular formula is C18H35NO2. The number of rotatable bonds is 13. The first kappa shape index (κ1) is 20.0. The fraction of sp³-hybridized carbons (Fsp3) is 0.778. The van der Waals surface area contributed by atoms with E-state index in [9.17, 15) is 0 Å². The van der Waals surface area contributed by atoms with Gasteiger partial charge >= 0.3 is 0 Å². The number of allylic oxidation sites excluding steroid dienone is 2. The number of hydrogen-bond donors (Lipinski definition) is 0. The summed E-state index contributed by atoms with van der Waals surface area (Å²) >= 11 is 0. The quantitative estimate of drug-likeness (QED) is 0.257. The summed E-state index contributed by atoms with van der Waals surface area (Å²) in [7, 11) is 0. The lowest BCUT2D eigenvalue weighted by Gasteiger charge is -2.31. The van der Waals surface area contributed by atoms with Gasteiger partial charge in [0, 0.05) is 6.54 Å². The van der Waals surface area contributed by atoms with E-state index in [1.54, 1.807) is 0 Å². The average molecular weight is 297 g/mol. The highest BCUT2D eigenvalue weighted by molar-refractivity contribution is 4.76. The zero-order chi connectivity index (χ0) is 15.9. The van der Waals surface area contributed by atoms with Gasteiger partial charge in [-0.2, -0.15) is 0 Å². The average Bonchev–Trinajstić information content (AvgIpc) is 2.47. The molecule has 0 bridgehead atoms. The highest BCUT2D eigenvalue weighted by Gasteiger charge is 2.18. The molecule has 2 atom stereocenters. The second-order valence-corrected chi connectivity index (χ2v) is 5.33. The number of ether oxygens (including phenoxy) is 2. The van der Waals surface area contributed by atoms with E-state index in [0.717, 1.165) is 19.4 Å². The molecule has 0 fully saturated rings. The summed E-state index contributed by atoms with van der Waals surface area (Å²) in [5.41, 5.74) is 0. The maximum atomic E-state index is 5.75. The van der Waals surface area contributed by atoms with Crippen molar-refractivity contribution in [1.82, 2.24) is 4.90 Å². The van der Waals surface area contributed by atoms with Crippen molar-refractivity contribution >= 4 is 0 Å². The smallest absolute Gasteiger partial charge is 0.151 e. The van der Waals surface area contributed by atoms with Crippen LogP contribution in [0.1, 0.15) is 73.1 Å².